The van der Waals surface area contributed by atoms with E-state index in [1.807, 2.05) is 13.0 Å². The summed E-state index contributed by atoms with van der Waals surface area (Å²) in [6.45, 7) is 2.61. The van der Waals surface area contributed by atoms with Gasteiger partial charge >= 0.3 is 0 Å². The first kappa shape index (κ1) is 13.2. The maximum Gasteiger partial charge on any atom is 0.125 e. The van der Waals surface area contributed by atoms with Gasteiger partial charge in [-0.15, -0.1) is 0 Å². The Balaban J connectivity index is 2.45. The second-order valence-corrected chi connectivity index (χ2v) is 5.38. The summed E-state index contributed by atoms with van der Waals surface area (Å²) in [5, 5.41) is 10.3. The summed E-state index contributed by atoms with van der Waals surface area (Å²) < 4.78 is 5.24. The fourth-order valence-corrected chi connectivity index (χ4v) is 3.13. The van der Waals surface area contributed by atoms with E-state index in [0.717, 1.165) is 29.7 Å². The number of methoxy groups -OCH3 is 1. The molecule has 1 saturated carbocycles. The highest BCUT2D eigenvalue weighted by Gasteiger charge is 2.35. The first-order valence-corrected chi connectivity index (χ1v) is 6.71. The van der Waals surface area contributed by atoms with Crippen molar-refractivity contribution in [1.82, 2.24) is 0 Å². The highest BCUT2D eigenvalue weighted by atomic mass is 16.5. The highest BCUT2D eigenvalue weighted by Crippen LogP contribution is 2.44. The monoisotopic (exact) mass is 249 g/mol. The van der Waals surface area contributed by atoms with Gasteiger partial charge in [-0.05, 0) is 31.4 Å². The van der Waals surface area contributed by atoms with Crippen LogP contribution in [0.5, 0.6) is 11.5 Å². The summed E-state index contributed by atoms with van der Waals surface area (Å²) in [5.74, 6) is 1.06. The zero-order chi connectivity index (χ0) is 13.2. The quantitative estimate of drug-likeness (QED) is 0.866. The number of benzene rings is 1. The number of hydrogen-bond acceptors (Lipinski definition) is 3. The van der Waals surface area contributed by atoms with Gasteiger partial charge in [0.2, 0.25) is 0 Å². The lowest BCUT2D eigenvalue weighted by molar-refractivity contribution is 0.290. The summed E-state index contributed by atoms with van der Waals surface area (Å²) in [4.78, 5) is 0. The number of ether oxygens (including phenoxy) is 1. The first-order chi connectivity index (χ1) is 8.63. The van der Waals surface area contributed by atoms with Crippen LogP contribution in [0.15, 0.2) is 12.1 Å². The van der Waals surface area contributed by atoms with Crippen molar-refractivity contribution in [3.8, 4) is 11.5 Å². The Morgan fingerprint density at radius 3 is 2.50 bits per heavy atom. The minimum atomic E-state index is -0.0423. The van der Waals surface area contributed by atoms with Gasteiger partial charge in [-0.2, -0.15) is 0 Å². The van der Waals surface area contributed by atoms with Crippen LogP contribution in [-0.2, 0) is 5.41 Å². The zero-order valence-corrected chi connectivity index (χ0v) is 11.3. The molecule has 3 nitrogen and oxygen atoms in total. The number of aryl methyl sites for hydroxylation is 1. The van der Waals surface area contributed by atoms with E-state index in [9.17, 15) is 5.11 Å². The molecule has 0 amide bonds. The van der Waals surface area contributed by atoms with Crippen molar-refractivity contribution in [2.24, 2.45) is 5.73 Å². The fourth-order valence-electron chi connectivity index (χ4n) is 3.13. The summed E-state index contributed by atoms with van der Waals surface area (Å²) in [6.07, 6.45) is 5.81. The Kier molecular flexibility index (Phi) is 3.81. The number of phenolic OH excluding ortho intramolecular Hbond substituents is 1. The molecule has 0 spiro atoms. The molecule has 1 aromatic carbocycles. The van der Waals surface area contributed by atoms with Crippen LogP contribution < -0.4 is 10.5 Å². The summed E-state index contributed by atoms with van der Waals surface area (Å²) in [5.41, 5.74) is 8.04. The molecule has 0 unspecified atom stereocenters. The first-order valence-electron chi connectivity index (χ1n) is 6.71. The van der Waals surface area contributed by atoms with Crippen molar-refractivity contribution in [3.05, 3.63) is 23.3 Å². The molecule has 3 N–H and O–H groups in total. The van der Waals surface area contributed by atoms with E-state index in [4.69, 9.17) is 10.5 Å². The molecule has 1 aliphatic rings. The second-order valence-electron chi connectivity index (χ2n) is 5.38. The number of hydrogen-bond donors (Lipinski definition) is 2. The number of nitrogens with two attached hydrogens (primary N) is 1. The molecule has 0 aromatic heterocycles. The van der Waals surface area contributed by atoms with Gasteiger partial charge < -0.3 is 15.6 Å². The molecule has 0 radical (unpaired) electrons. The van der Waals surface area contributed by atoms with Crippen LogP contribution in [0, 0.1) is 6.92 Å². The lowest BCUT2D eigenvalue weighted by Crippen LogP contribution is -2.37. The van der Waals surface area contributed by atoms with E-state index in [-0.39, 0.29) is 5.41 Å². The van der Waals surface area contributed by atoms with Gasteiger partial charge in [0.05, 0.1) is 7.11 Å². The van der Waals surface area contributed by atoms with Crippen LogP contribution in [0.4, 0.5) is 0 Å². The Morgan fingerprint density at radius 2 is 1.94 bits per heavy atom. The van der Waals surface area contributed by atoms with Gasteiger partial charge in [0, 0.05) is 23.6 Å². The standard InChI is InChI=1S/C15H23NO2/c1-11-8-12(13(17)9-14(11)18-2)15(10-16)6-4-3-5-7-15/h8-9,17H,3-7,10,16H2,1-2H3. The summed E-state index contributed by atoms with van der Waals surface area (Å²) in [7, 11) is 1.63. The molecule has 100 valence electrons. The number of aromatic hydroxyl groups is 1. The van der Waals surface area contributed by atoms with Gasteiger partial charge in [0.1, 0.15) is 11.5 Å². The van der Waals surface area contributed by atoms with Crippen LogP contribution in [0.2, 0.25) is 0 Å². The normalized spacial score (nSPS) is 18.6. The molecule has 0 bridgehead atoms. The van der Waals surface area contributed by atoms with E-state index < -0.39 is 0 Å². The molecule has 1 aliphatic carbocycles. The molecule has 3 heteroatoms. The third kappa shape index (κ3) is 2.19. The number of phenols is 1. The van der Waals surface area contributed by atoms with Crippen LogP contribution >= 0.6 is 0 Å². The summed E-state index contributed by atoms with van der Waals surface area (Å²) >= 11 is 0. The molecule has 1 fully saturated rings. The van der Waals surface area contributed by atoms with E-state index >= 15 is 0 Å². The molecule has 0 atom stereocenters. The molecular weight excluding hydrogens is 226 g/mol. The molecular formula is C15H23NO2. The fraction of sp³-hybridized carbons (Fsp3) is 0.600. The van der Waals surface area contributed by atoms with Gasteiger partial charge in [-0.3, -0.25) is 0 Å². The van der Waals surface area contributed by atoms with Crippen molar-refractivity contribution in [1.29, 1.82) is 0 Å². The van der Waals surface area contributed by atoms with E-state index in [1.165, 1.54) is 19.3 Å². The molecule has 0 aliphatic heterocycles. The van der Waals surface area contributed by atoms with Gasteiger partial charge in [-0.1, -0.05) is 19.3 Å². The maximum atomic E-state index is 10.3. The van der Waals surface area contributed by atoms with Gasteiger partial charge in [0.15, 0.2) is 0 Å². The lowest BCUT2D eigenvalue weighted by Gasteiger charge is -2.37. The zero-order valence-electron chi connectivity index (χ0n) is 11.3. The van der Waals surface area contributed by atoms with Gasteiger partial charge in [0.25, 0.3) is 0 Å². The van der Waals surface area contributed by atoms with Crippen LogP contribution in [-0.4, -0.2) is 18.8 Å². The van der Waals surface area contributed by atoms with Crippen LogP contribution in [0.1, 0.15) is 43.2 Å². The van der Waals surface area contributed by atoms with Crippen molar-refractivity contribution >= 4 is 0 Å². The topological polar surface area (TPSA) is 55.5 Å². The highest BCUT2D eigenvalue weighted by molar-refractivity contribution is 5.49. The third-order valence-corrected chi connectivity index (χ3v) is 4.29. The Hall–Kier alpha value is -1.22. The largest absolute Gasteiger partial charge is 0.508 e. The molecule has 18 heavy (non-hydrogen) atoms. The lowest BCUT2D eigenvalue weighted by atomic mass is 9.69. The molecule has 0 heterocycles. The molecule has 2 rings (SSSR count). The van der Waals surface area contributed by atoms with E-state index in [0.29, 0.717) is 12.3 Å². The minimum absolute atomic E-state index is 0.0423. The maximum absolute atomic E-state index is 10.3. The van der Waals surface area contributed by atoms with Crippen molar-refractivity contribution in [3.63, 3.8) is 0 Å². The average molecular weight is 249 g/mol. The van der Waals surface area contributed by atoms with Crippen LogP contribution in [0.25, 0.3) is 0 Å². The van der Waals surface area contributed by atoms with Crippen molar-refractivity contribution in [2.75, 3.05) is 13.7 Å². The smallest absolute Gasteiger partial charge is 0.125 e. The Labute approximate surface area is 109 Å². The minimum Gasteiger partial charge on any atom is -0.508 e. The Morgan fingerprint density at radius 1 is 1.28 bits per heavy atom. The SMILES string of the molecule is COc1cc(O)c(C2(CN)CCCCC2)cc1C. The van der Waals surface area contributed by atoms with Crippen LogP contribution in [0.3, 0.4) is 0 Å². The second kappa shape index (κ2) is 5.19. The average Bonchev–Trinajstić information content (AvgIpc) is 2.41. The number of rotatable bonds is 3. The van der Waals surface area contributed by atoms with E-state index in [2.05, 4.69) is 0 Å². The van der Waals surface area contributed by atoms with E-state index in [1.54, 1.807) is 13.2 Å². The van der Waals surface area contributed by atoms with Crippen molar-refractivity contribution < 1.29 is 9.84 Å². The van der Waals surface area contributed by atoms with Crippen molar-refractivity contribution in [2.45, 2.75) is 44.4 Å². The predicted molar refractivity (Wildman–Crippen MR) is 73.2 cm³/mol. The molecule has 0 saturated heterocycles. The Bertz CT molecular complexity index is 423. The predicted octanol–water partition coefficient (Wildman–Crippen LogP) is 2.87. The molecule has 1 aromatic rings. The summed E-state index contributed by atoms with van der Waals surface area (Å²) in [6, 6.07) is 3.77. The van der Waals surface area contributed by atoms with Gasteiger partial charge in [-0.25, -0.2) is 0 Å². The third-order valence-electron chi connectivity index (χ3n) is 4.29.